The first-order valence-corrected chi connectivity index (χ1v) is 9.98. The molecule has 0 spiro atoms. The molecule has 4 rings (SSSR count). The van der Waals surface area contributed by atoms with Crippen molar-refractivity contribution in [2.45, 2.75) is 6.18 Å². The molecule has 5 nitrogen and oxygen atoms in total. The molecule has 1 N–H and O–H groups in total. The molecule has 0 aliphatic carbocycles. The van der Waals surface area contributed by atoms with Crippen LogP contribution in [-0.4, -0.2) is 20.5 Å². The SMILES string of the molecule is O=C(/C=C/c1c(-c2ccc(F)cc2Cl)nc2sc(C(F)(F)F)nn12)Nc1ccc(F)cc1. The minimum absolute atomic E-state index is 0.0165. The largest absolute Gasteiger partial charge is 0.445 e. The Bertz CT molecular complexity index is 1340. The number of alkyl halides is 3. The van der Waals surface area contributed by atoms with Gasteiger partial charge in [-0.05, 0) is 48.5 Å². The molecule has 1 amide bonds. The van der Waals surface area contributed by atoms with Crippen molar-refractivity contribution in [3.8, 4) is 11.3 Å². The monoisotopic (exact) mass is 484 g/mol. The Labute approximate surface area is 185 Å². The molecule has 0 radical (unpaired) electrons. The number of anilines is 1. The van der Waals surface area contributed by atoms with Crippen LogP contribution in [0, 0.1) is 11.6 Å². The second kappa shape index (κ2) is 8.32. The first kappa shape index (κ1) is 21.9. The highest BCUT2D eigenvalue weighted by atomic mass is 35.5. The zero-order valence-corrected chi connectivity index (χ0v) is 17.2. The smallest absolute Gasteiger partial charge is 0.323 e. The van der Waals surface area contributed by atoms with E-state index in [-0.39, 0.29) is 26.9 Å². The second-order valence-corrected chi connectivity index (χ2v) is 7.76. The van der Waals surface area contributed by atoms with Crippen LogP contribution in [-0.2, 0) is 11.0 Å². The van der Waals surface area contributed by atoms with Crippen LogP contribution in [0.3, 0.4) is 0 Å². The van der Waals surface area contributed by atoms with Crippen LogP contribution in [0.15, 0.2) is 48.5 Å². The van der Waals surface area contributed by atoms with E-state index in [2.05, 4.69) is 15.4 Å². The lowest BCUT2D eigenvalue weighted by Crippen LogP contribution is -2.08. The van der Waals surface area contributed by atoms with Gasteiger partial charge in [0.2, 0.25) is 15.9 Å². The summed E-state index contributed by atoms with van der Waals surface area (Å²) in [4.78, 5) is 16.3. The average molecular weight is 485 g/mol. The lowest BCUT2D eigenvalue weighted by molar-refractivity contribution is -0.138. The number of fused-ring (bicyclic) bond motifs is 1. The van der Waals surface area contributed by atoms with Crippen LogP contribution in [0.4, 0.5) is 27.6 Å². The number of imidazole rings is 1. The Hall–Kier alpha value is -3.31. The molecule has 0 unspecified atom stereocenters. The van der Waals surface area contributed by atoms with Gasteiger partial charge in [0.1, 0.15) is 17.3 Å². The van der Waals surface area contributed by atoms with E-state index in [0.717, 1.165) is 34.9 Å². The fourth-order valence-corrected chi connectivity index (χ4v) is 3.81. The summed E-state index contributed by atoms with van der Waals surface area (Å²) in [5.41, 5.74) is 0.718. The summed E-state index contributed by atoms with van der Waals surface area (Å²) >= 11 is 6.41. The van der Waals surface area contributed by atoms with Crippen molar-refractivity contribution in [1.82, 2.24) is 14.6 Å². The third-order valence-electron chi connectivity index (χ3n) is 4.17. The molecule has 0 saturated carbocycles. The number of nitrogens with zero attached hydrogens (tertiary/aromatic N) is 3. The molecule has 12 heteroatoms. The zero-order chi connectivity index (χ0) is 23.0. The normalized spacial score (nSPS) is 12.1. The van der Waals surface area contributed by atoms with Gasteiger partial charge in [-0.25, -0.2) is 18.3 Å². The van der Waals surface area contributed by atoms with Crippen LogP contribution in [0.5, 0.6) is 0 Å². The van der Waals surface area contributed by atoms with Crippen LogP contribution in [0.25, 0.3) is 22.3 Å². The van der Waals surface area contributed by atoms with E-state index in [9.17, 15) is 26.7 Å². The number of amides is 1. The van der Waals surface area contributed by atoms with Crippen molar-refractivity contribution < 1.29 is 26.7 Å². The fourth-order valence-electron chi connectivity index (χ4n) is 2.78. The maximum Gasteiger partial charge on any atom is 0.445 e. The van der Waals surface area contributed by atoms with Gasteiger partial charge in [-0.3, -0.25) is 4.79 Å². The zero-order valence-electron chi connectivity index (χ0n) is 15.6. The molecule has 0 saturated heterocycles. The summed E-state index contributed by atoms with van der Waals surface area (Å²) in [6, 6.07) is 8.48. The molecule has 2 aromatic heterocycles. The molecular weight excluding hydrogens is 475 g/mol. The molecule has 0 atom stereocenters. The van der Waals surface area contributed by atoms with Crippen molar-refractivity contribution in [2.24, 2.45) is 0 Å². The lowest BCUT2D eigenvalue weighted by Gasteiger charge is -2.04. The number of hydrogen-bond donors (Lipinski definition) is 1. The topological polar surface area (TPSA) is 59.3 Å². The van der Waals surface area contributed by atoms with Gasteiger partial charge in [-0.15, -0.1) is 5.10 Å². The Morgan fingerprint density at radius 2 is 1.78 bits per heavy atom. The quantitative estimate of drug-likeness (QED) is 0.283. The molecule has 164 valence electrons. The van der Waals surface area contributed by atoms with Crippen molar-refractivity contribution in [1.29, 1.82) is 0 Å². The minimum atomic E-state index is -4.68. The van der Waals surface area contributed by atoms with Gasteiger partial charge < -0.3 is 5.32 Å². The third kappa shape index (κ3) is 4.48. The van der Waals surface area contributed by atoms with Gasteiger partial charge in [0.25, 0.3) is 0 Å². The highest BCUT2D eigenvalue weighted by molar-refractivity contribution is 7.16. The van der Waals surface area contributed by atoms with Gasteiger partial charge >= 0.3 is 6.18 Å². The van der Waals surface area contributed by atoms with Gasteiger partial charge in [0, 0.05) is 17.3 Å². The Kier molecular flexibility index (Phi) is 5.70. The number of aromatic nitrogens is 3. The Balaban J connectivity index is 1.75. The summed E-state index contributed by atoms with van der Waals surface area (Å²) in [7, 11) is 0. The molecule has 0 aliphatic heterocycles. The number of nitrogens with one attached hydrogen (secondary N) is 1. The maximum absolute atomic E-state index is 13.4. The predicted octanol–water partition coefficient (Wildman–Crippen LogP) is 6.06. The molecule has 4 aromatic rings. The van der Waals surface area contributed by atoms with Crippen molar-refractivity contribution in [3.63, 3.8) is 0 Å². The highest BCUT2D eigenvalue weighted by Gasteiger charge is 2.36. The van der Waals surface area contributed by atoms with Gasteiger partial charge in [0.05, 0.1) is 10.7 Å². The van der Waals surface area contributed by atoms with Crippen LogP contribution in [0.2, 0.25) is 5.02 Å². The van der Waals surface area contributed by atoms with E-state index in [1.165, 1.54) is 24.3 Å². The number of rotatable bonds is 4. The van der Waals surface area contributed by atoms with E-state index >= 15 is 0 Å². The molecular formula is C20H10ClF5N4OS. The van der Waals surface area contributed by atoms with Crippen molar-refractivity contribution in [2.75, 3.05) is 5.32 Å². The van der Waals surface area contributed by atoms with Gasteiger partial charge in [0.15, 0.2) is 0 Å². The lowest BCUT2D eigenvalue weighted by atomic mass is 10.1. The third-order valence-corrected chi connectivity index (χ3v) is 5.44. The minimum Gasteiger partial charge on any atom is -0.323 e. The highest BCUT2D eigenvalue weighted by Crippen LogP contribution is 2.37. The Morgan fingerprint density at radius 1 is 1.09 bits per heavy atom. The predicted molar refractivity (Wildman–Crippen MR) is 110 cm³/mol. The number of hydrogen-bond acceptors (Lipinski definition) is 4. The fraction of sp³-hybridized carbons (Fsp3) is 0.0500. The van der Waals surface area contributed by atoms with E-state index in [4.69, 9.17) is 11.6 Å². The molecule has 0 aliphatic rings. The van der Waals surface area contributed by atoms with Crippen LogP contribution in [0.1, 0.15) is 10.7 Å². The summed E-state index contributed by atoms with van der Waals surface area (Å²) in [5.74, 6) is -1.72. The molecule has 2 heterocycles. The van der Waals surface area contributed by atoms with E-state index in [0.29, 0.717) is 17.0 Å². The average Bonchev–Trinajstić information content (AvgIpc) is 3.27. The first-order chi connectivity index (χ1) is 15.1. The molecule has 32 heavy (non-hydrogen) atoms. The van der Waals surface area contributed by atoms with Gasteiger partial charge in [-0.1, -0.05) is 22.9 Å². The van der Waals surface area contributed by atoms with E-state index in [1.807, 2.05) is 0 Å². The van der Waals surface area contributed by atoms with Crippen molar-refractivity contribution >= 4 is 45.6 Å². The first-order valence-electron chi connectivity index (χ1n) is 8.78. The van der Waals surface area contributed by atoms with Gasteiger partial charge in [-0.2, -0.15) is 13.2 Å². The summed E-state index contributed by atoms with van der Waals surface area (Å²) < 4.78 is 66.6. The van der Waals surface area contributed by atoms with Crippen LogP contribution >= 0.6 is 22.9 Å². The van der Waals surface area contributed by atoms with E-state index in [1.54, 1.807) is 0 Å². The standard InChI is InChI=1S/C20H10ClF5N4OS/c21-14-9-11(23)3-6-13(14)17-15(30-19(28-17)32-18(29-30)20(24,25)26)7-8-16(31)27-12-4-1-10(22)2-5-12/h1-9H,(H,27,31)/b8-7+. The number of carbonyl (C=O) groups is 1. The molecule has 0 bridgehead atoms. The second-order valence-electron chi connectivity index (χ2n) is 6.40. The maximum atomic E-state index is 13.4. The number of carbonyl (C=O) groups excluding carboxylic acids is 1. The Morgan fingerprint density at radius 3 is 2.44 bits per heavy atom. The number of benzene rings is 2. The summed E-state index contributed by atoms with van der Waals surface area (Å²) in [5, 5.41) is 4.91. The van der Waals surface area contributed by atoms with E-state index < -0.39 is 28.7 Å². The number of halogens is 6. The molecule has 0 fully saturated rings. The molecule has 2 aromatic carbocycles. The van der Waals surface area contributed by atoms with Crippen molar-refractivity contribution in [3.05, 3.63) is 75.9 Å². The van der Waals surface area contributed by atoms with Crippen LogP contribution < -0.4 is 5.32 Å². The summed E-state index contributed by atoms with van der Waals surface area (Å²) in [6.45, 7) is 0. The summed E-state index contributed by atoms with van der Waals surface area (Å²) in [6.07, 6.45) is -2.41.